The number of anilines is 2. The monoisotopic (exact) mass is 512 g/mol. The van der Waals surface area contributed by atoms with Crippen LogP contribution in [0.3, 0.4) is 0 Å². The molecule has 0 radical (unpaired) electrons. The molecule has 1 heterocycles. The predicted molar refractivity (Wildman–Crippen MR) is 125 cm³/mol. The Labute approximate surface area is 197 Å². The Bertz CT molecular complexity index is 1290. The fourth-order valence-electron chi connectivity index (χ4n) is 3.34. The molecule has 0 atom stereocenters. The van der Waals surface area contributed by atoms with Crippen LogP contribution in [0.1, 0.15) is 5.56 Å². The fraction of sp³-hybridized carbons (Fsp3) is 0.350. The number of hydrogen-bond acceptors (Lipinski definition) is 8. The summed E-state index contributed by atoms with van der Waals surface area (Å²) in [6.45, 7) is 2.07. The fourth-order valence-corrected chi connectivity index (χ4v) is 5.65. The number of carbonyl (C=O) groups is 1. The molecule has 2 aromatic carbocycles. The lowest BCUT2D eigenvalue weighted by Gasteiger charge is -2.26. The highest BCUT2D eigenvalue weighted by Gasteiger charge is 2.27. The van der Waals surface area contributed by atoms with Crippen molar-refractivity contribution in [2.45, 2.75) is 11.8 Å². The third kappa shape index (κ3) is 5.88. The average molecular weight is 513 g/mol. The highest BCUT2D eigenvalue weighted by atomic mass is 32.2. The van der Waals surface area contributed by atoms with Gasteiger partial charge in [-0.1, -0.05) is 6.07 Å². The van der Waals surface area contributed by atoms with Gasteiger partial charge in [-0.2, -0.15) is 4.31 Å². The number of nitrogens with one attached hydrogen (secondary N) is 1. The Morgan fingerprint density at radius 1 is 1.12 bits per heavy atom. The lowest BCUT2D eigenvalue weighted by molar-refractivity contribution is -0.384. The molecule has 0 unspecified atom stereocenters. The van der Waals surface area contributed by atoms with Gasteiger partial charge >= 0.3 is 0 Å². The first kappa shape index (κ1) is 25.6. The summed E-state index contributed by atoms with van der Waals surface area (Å²) in [5.41, 5.74) is 0.391. The molecular weight excluding hydrogens is 488 g/mol. The molecule has 1 fully saturated rings. The zero-order valence-corrected chi connectivity index (χ0v) is 20.1. The zero-order chi connectivity index (χ0) is 25.1. The number of nitro groups is 1. The number of benzene rings is 2. The van der Waals surface area contributed by atoms with Gasteiger partial charge in [-0.05, 0) is 36.8 Å². The van der Waals surface area contributed by atoms with Gasteiger partial charge in [-0.25, -0.2) is 16.8 Å². The quantitative estimate of drug-likeness (QED) is 0.410. The molecule has 0 spiro atoms. The SMILES string of the molecule is Cc1ccc([N+](=O)[O-])cc1N(CC(=O)Nc1ccc(S(=O)(=O)N2CCOCC2)cc1)S(C)(=O)=O. The predicted octanol–water partition coefficient (Wildman–Crippen LogP) is 1.33. The van der Waals surface area contributed by atoms with Gasteiger partial charge in [-0.3, -0.25) is 19.2 Å². The van der Waals surface area contributed by atoms with Crippen molar-refractivity contribution in [3.63, 3.8) is 0 Å². The summed E-state index contributed by atoms with van der Waals surface area (Å²) in [5, 5.41) is 13.6. The van der Waals surface area contributed by atoms with Crippen LogP contribution in [0, 0.1) is 17.0 Å². The molecule has 1 aliphatic rings. The Morgan fingerprint density at radius 3 is 2.29 bits per heavy atom. The van der Waals surface area contributed by atoms with Crippen LogP contribution in [0.15, 0.2) is 47.4 Å². The lowest BCUT2D eigenvalue weighted by Crippen LogP contribution is -2.40. The van der Waals surface area contributed by atoms with E-state index in [1.165, 1.54) is 40.7 Å². The Balaban J connectivity index is 1.77. The van der Waals surface area contributed by atoms with E-state index < -0.39 is 37.4 Å². The van der Waals surface area contributed by atoms with E-state index >= 15 is 0 Å². The van der Waals surface area contributed by atoms with E-state index in [1.54, 1.807) is 6.92 Å². The third-order valence-corrected chi connectivity index (χ3v) is 8.15. The largest absolute Gasteiger partial charge is 0.379 e. The summed E-state index contributed by atoms with van der Waals surface area (Å²) in [6, 6.07) is 9.22. The van der Waals surface area contributed by atoms with E-state index in [-0.39, 0.29) is 35.0 Å². The van der Waals surface area contributed by atoms with E-state index in [0.29, 0.717) is 18.8 Å². The summed E-state index contributed by atoms with van der Waals surface area (Å²) in [7, 11) is -7.65. The third-order valence-electron chi connectivity index (χ3n) is 5.11. The van der Waals surface area contributed by atoms with Crippen LogP contribution in [0.25, 0.3) is 0 Å². The first-order chi connectivity index (χ1) is 15.9. The van der Waals surface area contributed by atoms with Crippen LogP contribution < -0.4 is 9.62 Å². The summed E-state index contributed by atoms with van der Waals surface area (Å²) < 4.78 is 57.4. The maximum atomic E-state index is 12.7. The van der Waals surface area contributed by atoms with Gasteiger partial charge in [0.1, 0.15) is 6.54 Å². The number of amides is 1. The Hall–Kier alpha value is -3.07. The molecule has 1 saturated heterocycles. The smallest absolute Gasteiger partial charge is 0.271 e. The van der Waals surface area contributed by atoms with E-state index in [2.05, 4.69) is 5.32 Å². The minimum atomic E-state index is -3.95. The minimum absolute atomic E-state index is 0.0128. The molecule has 14 heteroatoms. The lowest BCUT2D eigenvalue weighted by atomic mass is 10.2. The summed E-state index contributed by atoms with van der Waals surface area (Å²) in [5.74, 6) is -0.708. The number of rotatable bonds is 8. The van der Waals surface area contributed by atoms with E-state index in [0.717, 1.165) is 16.6 Å². The Kier molecular flexibility index (Phi) is 7.55. The number of aryl methyl sites for hydroxylation is 1. The number of hydrogen-bond donors (Lipinski definition) is 1. The summed E-state index contributed by atoms with van der Waals surface area (Å²) in [4.78, 5) is 23.1. The van der Waals surface area contributed by atoms with E-state index in [9.17, 15) is 31.7 Å². The maximum absolute atomic E-state index is 12.7. The van der Waals surface area contributed by atoms with Crippen molar-refractivity contribution in [1.82, 2.24) is 4.31 Å². The van der Waals surface area contributed by atoms with Crippen LogP contribution in [-0.2, 0) is 29.6 Å². The molecular formula is C20H24N4O8S2. The highest BCUT2D eigenvalue weighted by molar-refractivity contribution is 7.92. The first-order valence-electron chi connectivity index (χ1n) is 10.1. The summed E-state index contributed by atoms with van der Waals surface area (Å²) in [6.07, 6.45) is 0.893. The molecule has 1 amide bonds. The van der Waals surface area contributed by atoms with E-state index in [4.69, 9.17) is 4.74 Å². The van der Waals surface area contributed by atoms with Crippen molar-refractivity contribution < 1.29 is 31.3 Å². The van der Waals surface area contributed by atoms with Gasteiger partial charge in [0.15, 0.2) is 0 Å². The normalized spacial score (nSPS) is 15.0. The second-order valence-corrected chi connectivity index (χ2v) is 11.4. The average Bonchev–Trinajstić information content (AvgIpc) is 2.78. The number of nitrogens with zero attached hydrogens (tertiary/aromatic N) is 3. The van der Waals surface area contributed by atoms with Crippen molar-refractivity contribution in [3.05, 3.63) is 58.1 Å². The summed E-state index contributed by atoms with van der Waals surface area (Å²) >= 11 is 0. The van der Waals surface area contributed by atoms with Gasteiger partial charge < -0.3 is 10.1 Å². The minimum Gasteiger partial charge on any atom is -0.379 e. The van der Waals surface area contributed by atoms with Crippen molar-refractivity contribution in [3.8, 4) is 0 Å². The van der Waals surface area contributed by atoms with Gasteiger partial charge in [-0.15, -0.1) is 0 Å². The number of nitro benzene ring substituents is 1. The maximum Gasteiger partial charge on any atom is 0.271 e. The van der Waals surface area contributed by atoms with Gasteiger partial charge in [0, 0.05) is 30.9 Å². The van der Waals surface area contributed by atoms with Crippen LogP contribution in [-0.4, -0.2) is 71.1 Å². The number of non-ortho nitro benzene ring substituents is 1. The number of sulfonamides is 2. The van der Waals surface area contributed by atoms with Crippen LogP contribution in [0.4, 0.5) is 17.1 Å². The first-order valence-corrected chi connectivity index (χ1v) is 13.4. The second-order valence-electron chi connectivity index (χ2n) is 7.59. The molecule has 0 aromatic heterocycles. The van der Waals surface area contributed by atoms with Gasteiger partial charge in [0.2, 0.25) is 26.0 Å². The number of morpholine rings is 1. The molecule has 3 rings (SSSR count). The molecule has 2 aromatic rings. The highest BCUT2D eigenvalue weighted by Crippen LogP contribution is 2.27. The van der Waals surface area contributed by atoms with E-state index in [1.807, 2.05) is 0 Å². The van der Waals surface area contributed by atoms with Gasteiger partial charge in [0.25, 0.3) is 5.69 Å². The van der Waals surface area contributed by atoms with Crippen molar-refractivity contribution in [2.24, 2.45) is 0 Å². The van der Waals surface area contributed by atoms with Crippen molar-refractivity contribution in [2.75, 3.05) is 48.7 Å². The Morgan fingerprint density at radius 2 is 1.74 bits per heavy atom. The van der Waals surface area contributed by atoms with Gasteiger partial charge in [0.05, 0.1) is 35.0 Å². The number of ether oxygens (including phenoxy) is 1. The van der Waals surface area contributed by atoms with Crippen LogP contribution >= 0.6 is 0 Å². The molecule has 12 nitrogen and oxygen atoms in total. The molecule has 1 aliphatic heterocycles. The molecule has 0 bridgehead atoms. The van der Waals surface area contributed by atoms with Crippen molar-refractivity contribution >= 4 is 43.0 Å². The molecule has 0 saturated carbocycles. The standard InChI is InChI=1S/C20H24N4O8S2/c1-15-3-6-17(24(26)27)13-19(15)23(33(2,28)29)14-20(25)21-16-4-7-18(8-5-16)34(30,31)22-9-11-32-12-10-22/h3-8,13H,9-12,14H2,1-2H3,(H,21,25). The molecule has 34 heavy (non-hydrogen) atoms. The van der Waals surface area contributed by atoms with Crippen LogP contribution in [0.2, 0.25) is 0 Å². The number of carbonyl (C=O) groups excluding carboxylic acids is 1. The second kappa shape index (κ2) is 10.0. The molecule has 184 valence electrons. The molecule has 1 N–H and O–H groups in total. The topological polar surface area (TPSA) is 156 Å². The molecule has 0 aliphatic carbocycles. The van der Waals surface area contributed by atoms with Crippen LogP contribution in [0.5, 0.6) is 0 Å². The zero-order valence-electron chi connectivity index (χ0n) is 18.5. The van der Waals surface area contributed by atoms with Crippen molar-refractivity contribution in [1.29, 1.82) is 0 Å².